The fourth-order valence-corrected chi connectivity index (χ4v) is 4.49. The highest BCUT2D eigenvalue weighted by atomic mass is 19.4. The molecular formula is C33H19F9N2. The number of rotatable bonds is 5. The van der Waals surface area contributed by atoms with Crippen molar-refractivity contribution in [1.29, 1.82) is 0 Å². The molecule has 0 unspecified atom stereocenters. The van der Waals surface area contributed by atoms with Gasteiger partial charge in [-0.15, -0.1) is 0 Å². The van der Waals surface area contributed by atoms with Crippen LogP contribution in [0.3, 0.4) is 0 Å². The normalized spacial score (nSPS) is 12.6. The van der Waals surface area contributed by atoms with E-state index >= 15 is 0 Å². The third-order valence-electron chi connectivity index (χ3n) is 6.72. The largest absolute Gasteiger partial charge is 0.416 e. The van der Waals surface area contributed by atoms with E-state index in [4.69, 9.17) is 0 Å². The van der Waals surface area contributed by atoms with Crippen molar-refractivity contribution in [3.8, 4) is 33.4 Å². The summed E-state index contributed by atoms with van der Waals surface area (Å²) in [5.41, 5.74) is -0.216. The van der Waals surface area contributed by atoms with Crippen LogP contribution in [-0.4, -0.2) is 11.2 Å². The number of nitrogens with zero attached hydrogens (tertiary/aromatic N) is 2. The van der Waals surface area contributed by atoms with Crippen LogP contribution in [0.2, 0.25) is 0 Å². The van der Waals surface area contributed by atoms with Crippen molar-refractivity contribution in [2.75, 3.05) is 0 Å². The Balaban J connectivity index is 1.77. The average Bonchev–Trinajstić information content (AvgIpc) is 2.99. The average molecular weight is 615 g/mol. The Labute approximate surface area is 245 Å². The van der Waals surface area contributed by atoms with Gasteiger partial charge in [-0.1, -0.05) is 42.5 Å². The molecule has 0 N–H and O–H groups in total. The summed E-state index contributed by atoms with van der Waals surface area (Å²) in [5, 5.41) is 0. The van der Waals surface area contributed by atoms with Crippen molar-refractivity contribution >= 4 is 11.9 Å². The molecular weight excluding hydrogens is 595 g/mol. The lowest BCUT2D eigenvalue weighted by Gasteiger charge is -2.17. The maximum atomic E-state index is 13.3. The molecule has 0 saturated carbocycles. The minimum absolute atomic E-state index is 0.200. The predicted molar refractivity (Wildman–Crippen MR) is 149 cm³/mol. The summed E-state index contributed by atoms with van der Waals surface area (Å²) in [7, 11) is 0. The molecule has 0 fully saturated rings. The van der Waals surface area contributed by atoms with Gasteiger partial charge in [0.15, 0.2) is 0 Å². The van der Waals surface area contributed by atoms with Gasteiger partial charge in [0.25, 0.3) is 0 Å². The van der Waals surface area contributed by atoms with Gasteiger partial charge in [0, 0.05) is 17.3 Å². The third-order valence-corrected chi connectivity index (χ3v) is 6.72. The van der Waals surface area contributed by atoms with E-state index < -0.39 is 35.2 Å². The SMILES string of the molecule is FC(F)(F)c1ccc(-c2cc(-c3ccc(C(F)(F)F)cc3)c(N=Cc3ccccn3)c(-c3ccc(C(F)(F)F)cc3)c2)cc1. The van der Waals surface area contributed by atoms with E-state index in [1.54, 1.807) is 30.3 Å². The minimum Gasteiger partial charge on any atom is -0.255 e. The molecule has 4 aromatic carbocycles. The lowest BCUT2D eigenvalue weighted by molar-refractivity contribution is -0.138. The van der Waals surface area contributed by atoms with Crippen molar-refractivity contribution < 1.29 is 39.5 Å². The molecule has 1 aromatic heterocycles. The van der Waals surface area contributed by atoms with Gasteiger partial charge in [-0.3, -0.25) is 9.98 Å². The summed E-state index contributed by atoms with van der Waals surface area (Å²) >= 11 is 0. The Morgan fingerprint density at radius 1 is 0.477 bits per heavy atom. The molecule has 0 atom stereocenters. The van der Waals surface area contributed by atoms with Gasteiger partial charge in [0.1, 0.15) is 0 Å². The number of aromatic nitrogens is 1. The zero-order valence-electron chi connectivity index (χ0n) is 22.3. The van der Waals surface area contributed by atoms with E-state index in [2.05, 4.69) is 9.98 Å². The van der Waals surface area contributed by atoms with Gasteiger partial charge >= 0.3 is 18.5 Å². The van der Waals surface area contributed by atoms with Crippen molar-refractivity contribution in [3.05, 3.63) is 132 Å². The quantitative estimate of drug-likeness (QED) is 0.143. The Hall–Kier alpha value is -4.93. The number of halogens is 9. The first-order chi connectivity index (χ1) is 20.7. The molecule has 5 aromatic rings. The molecule has 2 nitrogen and oxygen atoms in total. The van der Waals surface area contributed by atoms with E-state index in [1.807, 2.05) is 0 Å². The van der Waals surface area contributed by atoms with Gasteiger partial charge in [-0.25, -0.2) is 0 Å². The Kier molecular flexibility index (Phi) is 8.07. The topological polar surface area (TPSA) is 25.2 Å². The van der Waals surface area contributed by atoms with E-state index in [0.717, 1.165) is 36.4 Å². The third kappa shape index (κ3) is 6.82. The molecule has 0 aliphatic carbocycles. The summed E-state index contributed by atoms with van der Waals surface area (Å²) in [6.45, 7) is 0. The molecule has 1 heterocycles. The lowest BCUT2D eigenvalue weighted by atomic mass is 9.90. The Morgan fingerprint density at radius 2 is 0.886 bits per heavy atom. The number of hydrogen-bond acceptors (Lipinski definition) is 2. The first-order valence-corrected chi connectivity index (χ1v) is 12.9. The number of pyridine rings is 1. The van der Waals surface area contributed by atoms with Gasteiger partial charge in [0.2, 0.25) is 0 Å². The zero-order valence-corrected chi connectivity index (χ0v) is 22.3. The summed E-state index contributed by atoms with van der Waals surface area (Å²) < 4.78 is 120. The maximum absolute atomic E-state index is 13.3. The van der Waals surface area contributed by atoms with Crippen LogP contribution >= 0.6 is 0 Å². The second kappa shape index (κ2) is 11.6. The highest BCUT2D eigenvalue weighted by Gasteiger charge is 2.32. The number of alkyl halides is 9. The molecule has 0 bridgehead atoms. The lowest BCUT2D eigenvalue weighted by Crippen LogP contribution is -2.04. The summed E-state index contributed by atoms with van der Waals surface area (Å²) in [4.78, 5) is 8.75. The van der Waals surface area contributed by atoms with Crippen LogP contribution in [0.5, 0.6) is 0 Å². The zero-order chi connectivity index (χ0) is 31.7. The fourth-order valence-electron chi connectivity index (χ4n) is 4.49. The molecule has 5 rings (SSSR count). The summed E-state index contributed by atoms with van der Waals surface area (Å²) in [6, 6.07) is 20.8. The van der Waals surface area contributed by atoms with Gasteiger partial charge in [-0.05, 0) is 82.9 Å². The van der Waals surface area contributed by atoms with Crippen molar-refractivity contribution in [2.24, 2.45) is 4.99 Å². The second-order valence-electron chi connectivity index (χ2n) is 9.66. The Morgan fingerprint density at radius 3 is 1.25 bits per heavy atom. The van der Waals surface area contributed by atoms with Crippen LogP contribution in [0.25, 0.3) is 33.4 Å². The molecule has 11 heteroatoms. The van der Waals surface area contributed by atoms with Crippen LogP contribution in [-0.2, 0) is 18.5 Å². The standard InChI is InChI=1S/C33H19F9N2/c34-31(35,36)24-10-4-20(5-11-24)23-17-28(21-6-12-25(13-7-21)32(37,38)39)30(44-19-27-3-1-2-16-43-27)29(18-23)22-8-14-26(15-9-22)33(40,41)42/h1-19H. The molecule has 0 aliphatic rings. The molecule has 44 heavy (non-hydrogen) atoms. The van der Waals surface area contributed by atoms with E-state index in [9.17, 15) is 39.5 Å². The molecule has 0 amide bonds. The van der Waals surface area contributed by atoms with Crippen molar-refractivity contribution in [3.63, 3.8) is 0 Å². The Bertz CT molecular complexity index is 1690. The second-order valence-corrected chi connectivity index (χ2v) is 9.66. The van der Waals surface area contributed by atoms with Gasteiger partial charge in [-0.2, -0.15) is 39.5 Å². The fraction of sp³-hybridized carbons (Fsp3) is 0.0909. The van der Waals surface area contributed by atoms with Gasteiger partial charge in [0.05, 0.1) is 34.3 Å². The number of aliphatic imine (C=N–C) groups is 1. The highest BCUT2D eigenvalue weighted by molar-refractivity contribution is 5.95. The van der Waals surface area contributed by atoms with E-state index in [0.29, 0.717) is 27.9 Å². The van der Waals surface area contributed by atoms with Crippen molar-refractivity contribution in [2.45, 2.75) is 18.5 Å². The molecule has 0 saturated heterocycles. The summed E-state index contributed by atoms with van der Waals surface area (Å²) in [6.07, 6.45) is -10.9. The van der Waals surface area contributed by atoms with Crippen LogP contribution in [0.15, 0.2) is 114 Å². The number of hydrogen-bond donors (Lipinski definition) is 0. The first kappa shape index (κ1) is 30.5. The van der Waals surface area contributed by atoms with Crippen LogP contribution in [0.4, 0.5) is 45.2 Å². The minimum atomic E-state index is -4.61. The molecule has 224 valence electrons. The molecule has 0 spiro atoms. The predicted octanol–water partition coefficient (Wildman–Crippen LogP) is 10.9. The van der Waals surface area contributed by atoms with Crippen LogP contribution in [0.1, 0.15) is 22.4 Å². The molecule has 0 aliphatic heterocycles. The van der Waals surface area contributed by atoms with Gasteiger partial charge < -0.3 is 0 Å². The van der Waals surface area contributed by atoms with Crippen LogP contribution in [0, 0.1) is 0 Å². The first-order valence-electron chi connectivity index (χ1n) is 12.9. The maximum Gasteiger partial charge on any atom is 0.416 e. The molecule has 0 radical (unpaired) electrons. The summed E-state index contributed by atoms with van der Waals surface area (Å²) in [5.74, 6) is 0. The number of benzene rings is 4. The van der Waals surface area contributed by atoms with Crippen LogP contribution < -0.4 is 0 Å². The smallest absolute Gasteiger partial charge is 0.255 e. The monoisotopic (exact) mass is 614 g/mol. The van der Waals surface area contributed by atoms with Crippen molar-refractivity contribution in [1.82, 2.24) is 4.98 Å². The highest BCUT2D eigenvalue weighted by Crippen LogP contribution is 2.44. The van der Waals surface area contributed by atoms with E-state index in [-0.39, 0.29) is 16.8 Å². The van der Waals surface area contributed by atoms with E-state index in [1.165, 1.54) is 48.8 Å².